The highest BCUT2D eigenvalue weighted by Gasteiger charge is 2.11. The van der Waals surface area contributed by atoms with Crippen molar-refractivity contribution >= 4 is 38.8 Å². The SMILES string of the molecule is CC(Nc1ccc(F)cc1C(N)=S)c1cccc(Br)c1. The molecule has 0 amide bonds. The van der Waals surface area contributed by atoms with Crippen LogP contribution >= 0.6 is 28.1 Å². The van der Waals surface area contributed by atoms with E-state index in [1.807, 2.05) is 31.2 Å². The molecule has 2 aromatic rings. The zero-order chi connectivity index (χ0) is 14.7. The first-order valence-corrected chi connectivity index (χ1v) is 7.29. The van der Waals surface area contributed by atoms with Crippen molar-refractivity contribution in [2.75, 3.05) is 5.32 Å². The van der Waals surface area contributed by atoms with Crippen LogP contribution < -0.4 is 11.1 Å². The fraction of sp³-hybridized carbons (Fsp3) is 0.133. The van der Waals surface area contributed by atoms with Gasteiger partial charge in [-0.15, -0.1) is 0 Å². The summed E-state index contributed by atoms with van der Waals surface area (Å²) in [6.45, 7) is 2.02. The minimum Gasteiger partial charge on any atom is -0.389 e. The zero-order valence-corrected chi connectivity index (χ0v) is 13.3. The summed E-state index contributed by atoms with van der Waals surface area (Å²) in [6, 6.07) is 12.4. The zero-order valence-electron chi connectivity index (χ0n) is 10.9. The van der Waals surface area contributed by atoms with Crippen molar-refractivity contribution in [2.24, 2.45) is 5.73 Å². The van der Waals surface area contributed by atoms with Crippen LogP contribution in [0.1, 0.15) is 24.1 Å². The summed E-state index contributed by atoms with van der Waals surface area (Å²) in [5.41, 5.74) is 7.99. The van der Waals surface area contributed by atoms with Crippen LogP contribution in [0.2, 0.25) is 0 Å². The minimum atomic E-state index is -0.353. The molecule has 2 rings (SSSR count). The normalized spacial score (nSPS) is 11.9. The number of halogens is 2. The third-order valence-electron chi connectivity index (χ3n) is 2.97. The number of nitrogens with one attached hydrogen (secondary N) is 1. The summed E-state index contributed by atoms with van der Waals surface area (Å²) < 4.78 is 14.3. The first-order chi connectivity index (χ1) is 9.47. The fourth-order valence-electron chi connectivity index (χ4n) is 1.94. The van der Waals surface area contributed by atoms with Gasteiger partial charge in [-0.1, -0.05) is 40.3 Å². The third-order valence-corrected chi connectivity index (χ3v) is 3.68. The smallest absolute Gasteiger partial charge is 0.124 e. The predicted molar refractivity (Wildman–Crippen MR) is 88.5 cm³/mol. The summed E-state index contributed by atoms with van der Waals surface area (Å²) in [6.07, 6.45) is 0. The van der Waals surface area contributed by atoms with Gasteiger partial charge in [0.2, 0.25) is 0 Å². The summed E-state index contributed by atoms with van der Waals surface area (Å²) in [7, 11) is 0. The highest BCUT2D eigenvalue weighted by atomic mass is 79.9. The van der Waals surface area contributed by atoms with Crippen LogP contribution in [-0.4, -0.2) is 4.99 Å². The molecule has 0 saturated carbocycles. The molecule has 2 nitrogen and oxygen atoms in total. The molecule has 2 aromatic carbocycles. The molecule has 0 saturated heterocycles. The van der Waals surface area contributed by atoms with Crippen LogP contribution in [-0.2, 0) is 0 Å². The summed E-state index contributed by atoms with van der Waals surface area (Å²) >= 11 is 8.41. The minimum absolute atomic E-state index is 0.0473. The molecule has 0 aliphatic rings. The molecule has 3 N–H and O–H groups in total. The molecular weight excluding hydrogens is 339 g/mol. The Morgan fingerprint density at radius 1 is 1.30 bits per heavy atom. The molecule has 1 unspecified atom stereocenters. The Hall–Kier alpha value is -1.46. The van der Waals surface area contributed by atoms with E-state index in [4.69, 9.17) is 18.0 Å². The molecule has 0 aliphatic heterocycles. The van der Waals surface area contributed by atoms with E-state index >= 15 is 0 Å². The Kier molecular flexibility index (Phi) is 4.73. The van der Waals surface area contributed by atoms with Gasteiger partial charge in [-0.2, -0.15) is 0 Å². The van der Waals surface area contributed by atoms with Gasteiger partial charge in [-0.3, -0.25) is 0 Å². The van der Waals surface area contributed by atoms with Gasteiger partial charge in [-0.05, 0) is 42.8 Å². The van der Waals surface area contributed by atoms with Gasteiger partial charge in [0, 0.05) is 21.8 Å². The molecule has 0 fully saturated rings. The molecule has 0 spiro atoms. The molecule has 0 aromatic heterocycles. The maximum atomic E-state index is 13.3. The van der Waals surface area contributed by atoms with Crippen LogP contribution in [0, 0.1) is 5.82 Å². The quantitative estimate of drug-likeness (QED) is 0.801. The Labute approximate surface area is 131 Å². The van der Waals surface area contributed by atoms with E-state index in [1.165, 1.54) is 12.1 Å². The Bertz CT molecular complexity index is 646. The number of rotatable bonds is 4. The van der Waals surface area contributed by atoms with Crippen molar-refractivity contribution in [2.45, 2.75) is 13.0 Å². The van der Waals surface area contributed by atoms with Crippen molar-refractivity contribution in [3.8, 4) is 0 Å². The van der Waals surface area contributed by atoms with E-state index < -0.39 is 0 Å². The second-order valence-corrected chi connectivity index (χ2v) is 5.83. The Morgan fingerprint density at radius 2 is 2.05 bits per heavy atom. The molecule has 0 heterocycles. The van der Waals surface area contributed by atoms with Gasteiger partial charge in [0.25, 0.3) is 0 Å². The van der Waals surface area contributed by atoms with Crippen LogP contribution in [0.4, 0.5) is 10.1 Å². The van der Waals surface area contributed by atoms with E-state index in [0.29, 0.717) is 5.56 Å². The molecule has 0 aliphatic carbocycles. The topological polar surface area (TPSA) is 38.0 Å². The van der Waals surface area contributed by atoms with Gasteiger partial charge in [0.15, 0.2) is 0 Å². The lowest BCUT2D eigenvalue weighted by Gasteiger charge is -2.18. The van der Waals surface area contributed by atoms with Gasteiger partial charge in [0.05, 0.1) is 0 Å². The van der Waals surface area contributed by atoms with Crippen molar-refractivity contribution in [1.82, 2.24) is 0 Å². The number of benzene rings is 2. The second-order valence-electron chi connectivity index (χ2n) is 4.48. The van der Waals surface area contributed by atoms with Crippen LogP contribution in [0.25, 0.3) is 0 Å². The molecule has 5 heteroatoms. The Balaban J connectivity index is 2.28. The lowest BCUT2D eigenvalue weighted by molar-refractivity contribution is 0.627. The second kappa shape index (κ2) is 6.33. The molecule has 20 heavy (non-hydrogen) atoms. The number of anilines is 1. The summed E-state index contributed by atoms with van der Waals surface area (Å²) in [5.74, 6) is -0.353. The first-order valence-electron chi connectivity index (χ1n) is 6.08. The number of thiocarbonyl (C=S) groups is 1. The van der Waals surface area contributed by atoms with Gasteiger partial charge in [0.1, 0.15) is 10.8 Å². The van der Waals surface area contributed by atoms with Crippen LogP contribution in [0.15, 0.2) is 46.9 Å². The van der Waals surface area contributed by atoms with E-state index in [9.17, 15) is 4.39 Å². The van der Waals surface area contributed by atoms with E-state index in [2.05, 4.69) is 21.2 Å². The van der Waals surface area contributed by atoms with Crippen molar-refractivity contribution < 1.29 is 4.39 Å². The van der Waals surface area contributed by atoms with Crippen molar-refractivity contribution in [1.29, 1.82) is 0 Å². The van der Waals surface area contributed by atoms with Gasteiger partial charge < -0.3 is 11.1 Å². The lowest BCUT2D eigenvalue weighted by atomic mass is 10.1. The monoisotopic (exact) mass is 352 g/mol. The molecule has 104 valence electrons. The molecule has 0 bridgehead atoms. The number of hydrogen-bond acceptors (Lipinski definition) is 2. The van der Waals surface area contributed by atoms with E-state index in [1.54, 1.807) is 6.07 Å². The summed E-state index contributed by atoms with van der Waals surface area (Å²) in [4.78, 5) is 0.174. The Morgan fingerprint density at radius 3 is 2.70 bits per heavy atom. The van der Waals surface area contributed by atoms with Gasteiger partial charge >= 0.3 is 0 Å². The highest BCUT2D eigenvalue weighted by molar-refractivity contribution is 9.10. The number of hydrogen-bond donors (Lipinski definition) is 2. The predicted octanol–water partition coefficient (Wildman–Crippen LogP) is 4.40. The molecule has 1 atom stereocenters. The van der Waals surface area contributed by atoms with Crippen LogP contribution in [0.5, 0.6) is 0 Å². The maximum Gasteiger partial charge on any atom is 0.124 e. The summed E-state index contributed by atoms with van der Waals surface area (Å²) in [5, 5.41) is 3.31. The lowest BCUT2D eigenvalue weighted by Crippen LogP contribution is -2.15. The van der Waals surface area contributed by atoms with E-state index in [-0.39, 0.29) is 16.8 Å². The first kappa shape index (κ1) is 14.9. The van der Waals surface area contributed by atoms with Gasteiger partial charge in [-0.25, -0.2) is 4.39 Å². The average molecular weight is 353 g/mol. The number of nitrogens with two attached hydrogens (primary N) is 1. The molecule has 0 radical (unpaired) electrons. The van der Waals surface area contributed by atoms with E-state index in [0.717, 1.165) is 15.7 Å². The largest absolute Gasteiger partial charge is 0.389 e. The highest BCUT2D eigenvalue weighted by Crippen LogP contribution is 2.25. The maximum absolute atomic E-state index is 13.3. The molecular formula is C15H14BrFN2S. The third kappa shape index (κ3) is 3.55. The van der Waals surface area contributed by atoms with Crippen molar-refractivity contribution in [3.63, 3.8) is 0 Å². The standard InChI is InChI=1S/C15H14BrFN2S/c1-9(10-3-2-4-11(16)7-10)19-14-6-5-12(17)8-13(14)15(18)20/h2-9,19H,1H3,(H2,18,20). The fourth-order valence-corrected chi connectivity index (χ4v) is 2.52. The van der Waals surface area contributed by atoms with Crippen LogP contribution in [0.3, 0.4) is 0 Å². The average Bonchev–Trinajstić information content (AvgIpc) is 2.40. The van der Waals surface area contributed by atoms with Crippen molar-refractivity contribution in [3.05, 3.63) is 63.9 Å².